The number of Topliss-reactive ketones (excluding diaryl/α,β-unsaturated/α-hetero) is 1. The van der Waals surface area contributed by atoms with Crippen LogP contribution in [0.3, 0.4) is 0 Å². The molecule has 1 fully saturated rings. The first-order valence-corrected chi connectivity index (χ1v) is 9.91. The highest BCUT2D eigenvalue weighted by Crippen LogP contribution is 2.39. The van der Waals surface area contributed by atoms with E-state index in [1.165, 1.54) is 11.8 Å². The number of nitrogens with one attached hydrogen (secondary N) is 1. The number of allylic oxidation sites excluding steroid dienone is 2. The van der Waals surface area contributed by atoms with Gasteiger partial charge in [0.1, 0.15) is 0 Å². The second-order valence-electron chi connectivity index (χ2n) is 7.85. The van der Waals surface area contributed by atoms with E-state index in [2.05, 4.69) is 5.32 Å². The Morgan fingerprint density at radius 1 is 0.967 bits per heavy atom. The molecular formula is C24H22N2O4. The summed E-state index contributed by atoms with van der Waals surface area (Å²) in [6.07, 6.45) is 3.24. The minimum Gasteiger partial charge on any atom is -0.322 e. The van der Waals surface area contributed by atoms with E-state index in [0.29, 0.717) is 35.3 Å². The molecule has 1 aliphatic carbocycles. The fourth-order valence-corrected chi connectivity index (χ4v) is 4.07. The number of fused-ring (bicyclic) bond motifs is 1. The summed E-state index contributed by atoms with van der Waals surface area (Å²) in [5.41, 5.74) is 3.04. The van der Waals surface area contributed by atoms with Crippen LogP contribution in [-0.2, 0) is 9.59 Å². The minimum atomic E-state index is -0.338. The summed E-state index contributed by atoms with van der Waals surface area (Å²) in [5, 5.41) is 2.76. The molecule has 1 saturated heterocycles. The maximum atomic E-state index is 12.8. The summed E-state index contributed by atoms with van der Waals surface area (Å²) in [7, 11) is 0. The molecule has 2 aromatic rings. The topological polar surface area (TPSA) is 83.6 Å². The van der Waals surface area contributed by atoms with E-state index in [4.69, 9.17) is 0 Å². The van der Waals surface area contributed by atoms with Crippen molar-refractivity contribution in [3.8, 4) is 0 Å². The highest BCUT2D eigenvalue weighted by Gasteiger charge is 2.48. The number of carbonyl (C=O) groups excluding carboxylic acids is 4. The molecule has 1 heterocycles. The van der Waals surface area contributed by atoms with Gasteiger partial charge in [-0.25, -0.2) is 0 Å². The molecule has 0 spiro atoms. The van der Waals surface area contributed by atoms with Gasteiger partial charge in [0.25, 0.3) is 5.91 Å². The SMILES string of the molecule is CC(=O)c1cccc(NC(=O)c2ccc(N3C(=O)[C@H]4CC(C)=CC[C@H]4C3=O)cc2)c1. The van der Waals surface area contributed by atoms with Gasteiger partial charge in [0, 0.05) is 16.8 Å². The third-order valence-corrected chi connectivity index (χ3v) is 5.74. The van der Waals surface area contributed by atoms with Crippen LogP contribution in [0.5, 0.6) is 0 Å². The van der Waals surface area contributed by atoms with Crippen LogP contribution in [0, 0.1) is 11.8 Å². The number of nitrogens with zero attached hydrogens (tertiary/aromatic N) is 1. The molecule has 0 aromatic heterocycles. The van der Waals surface area contributed by atoms with Crippen molar-refractivity contribution in [1.82, 2.24) is 0 Å². The third kappa shape index (κ3) is 3.56. The first-order valence-electron chi connectivity index (χ1n) is 9.91. The quantitative estimate of drug-likeness (QED) is 0.476. The van der Waals surface area contributed by atoms with Gasteiger partial charge in [0.2, 0.25) is 11.8 Å². The van der Waals surface area contributed by atoms with E-state index in [9.17, 15) is 19.2 Å². The zero-order valence-electron chi connectivity index (χ0n) is 16.8. The molecule has 4 rings (SSSR count). The second-order valence-corrected chi connectivity index (χ2v) is 7.85. The number of ketones is 1. The van der Waals surface area contributed by atoms with Gasteiger partial charge in [-0.3, -0.25) is 24.1 Å². The molecule has 3 amide bonds. The molecule has 0 unspecified atom stereocenters. The maximum Gasteiger partial charge on any atom is 0.255 e. The van der Waals surface area contributed by atoms with E-state index >= 15 is 0 Å². The number of hydrogen-bond acceptors (Lipinski definition) is 4. The van der Waals surface area contributed by atoms with Gasteiger partial charge in [-0.1, -0.05) is 23.8 Å². The summed E-state index contributed by atoms with van der Waals surface area (Å²) < 4.78 is 0. The molecule has 0 bridgehead atoms. The van der Waals surface area contributed by atoms with Gasteiger partial charge in [0.15, 0.2) is 5.78 Å². The lowest BCUT2D eigenvalue weighted by molar-refractivity contribution is -0.122. The highest BCUT2D eigenvalue weighted by molar-refractivity contribution is 6.22. The Bertz CT molecular complexity index is 1080. The van der Waals surface area contributed by atoms with Crippen LogP contribution in [0.1, 0.15) is 47.4 Å². The van der Waals surface area contributed by atoms with Crippen molar-refractivity contribution in [3.63, 3.8) is 0 Å². The van der Waals surface area contributed by atoms with Crippen LogP contribution in [-0.4, -0.2) is 23.5 Å². The first kappa shape index (κ1) is 19.8. The van der Waals surface area contributed by atoms with E-state index < -0.39 is 0 Å². The maximum absolute atomic E-state index is 12.8. The molecule has 1 N–H and O–H groups in total. The van der Waals surface area contributed by atoms with Crippen molar-refractivity contribution in [2.45, 2.75) is 26.7 Å². The Balaban J connectivity index is 1.50. The molecule has 30 heavy (non-hydrogen) atoms. The number of benzene rings is 2. The van der Waals surface area contributed by atoms with E-state index in [1.54, 1.807) is 48.5 Å². The van der Waals surface area contributed by atoms with Gasteiger partial charge >= 0.3 is 0 Å². The molecule has 152 valence electrons. The Kier molecular flexibility index (Phi) is 5.08. The highest BCUT2D eigenvalue weighted by atomic mass is 16.2. The van der Waals surface area contributed by atoms with E-state index in [1.807, 2.05) is 13.0 Å². The Morgan fingerprint density at radius 3 is 2.37 bits per heavy atom. The van der Waals surface area contributed by atoms with Crippen LogP contribution in [0.15, 0.2) is 60.2 Å². The lowest BCUT2D eigenvalue weighted by atomic mass is 9.82. The predicted octanol–water partition coefficient (Wildman–Crippen LogP) is 3.99. The van der Waals surface area contributed by atoms with Crippen molar-refractivity contribution in [2.75, 3.05) is 10.2 Å². The average molecular weight is 402 g/mol. The van der Waals surface area contributed by atoms with Crippen LogP contribution in [0.2, 0.25) is 0 Å². The van der Waals surface area contributed by atoms with Crippen molar-refractivity contribution in [2.24, 2.45) is 11.8 Å². The number of amides is 3. The summed E-state index contributed by atoms with van der Waals surface area (Å²) in [4.78, 5) is 50.9. The van der Waals surface area contributed by atoms with Crippen LogP contribution >= 0.6 is 0 Å². The molecule has 0 radical (unpaired) electrons. The molecule has 1 aliphatic heterocycles. The van der Waals surface area contributed by atoms with Gasteiger partial charge in [0.05, 0.1) is 17.5 Å². The zero-order chi connectivity index (χ0) is 21.4. The number of carbonyl (C=O) groups is 4. The van der Waals surface area contributed by atoms with Gasteiger partial charge in [-0.05, 0) is 63.1 Å². The molecule has 2 atom stereocenters. The van der Waals surface area contributed by atoms with Crippen LogP contribution < -0.4 is 10.2 Å². The summed E-state index contributed by atoms with van der Waals surface area (Å²) in [6.45, 7) is 3.45. The summed E-state index contributed by atoms with van der Waals surface area (Å²) >= 11 is 0. The van der Waals surface area contributed by atoms with Crippen LogP contribution in [0.4, 0.5) is 11.4 Å². The van der Waals surface area contributed by atoms with Gasteiger partial charge in [-0.15, -0.1) is 0 Å². The van der Waals surface area contributed by atoms with Crippen molar-refractivity contribution in [1.29, 1.82) is 0 Å². The number of imide groups is 1. The Morgan fingerprint density at radius 2 is 1.67 bits per heavy atom. The number of anilines is 2. The third-order valence-electron chi connectivity index (χ3n) is 5.74. The van der Waals surface area contributed by atoms with Crippen molar-refractivity contribution in [3.05, 3.63) is 71.3 Å². The summed E-state index contributed by atoms with van der Waals surface area (Å²) in [5.74, 6) is -1.35. The predicted molar refractivity (Wildman–Crippen MR) is 113 cm³/mol. The fraction of sp³-hybridized carbons (Fsp3) is 0.250. The summed E-state index contributed by atoms with van der Waals surface area (Å²) in [6, 6.07) is 13.1. The average Bonchev–Trinajstić information content (AvgIpc) is 2.98. The fourth-order valence-electron chi connectivity index (χ4n) is 4.07. The zero-order valence-corrected chi connectivity index (χ0v) is 16.8. The van der Waals surface area contributed by atoms with Crippen LogP contribution in [0.25, 0.3) is 0 Å². The monoisotopic (exact) mass is 402 g/mol. The Labute approximate surface area is 174 Å². The van der Waals surface area contributed by atoms with Gasteiger partial charge in [-0.2, -0.15) is 0 Å². The van der Waals surface area contributed by atoms with Crippen molar-refractivity contribution >= 4 is 34.9 Å². The molecule has 6 nitrogen and oxygen atoms in total. The van der Waals surface area contributed by atoms with E-state index in [-0.39, 0.29) is 35.3 Å². The second kappa shape index (κ2) is 7.71. The molecular weight excluding hydrogens is 380 g/mol. The van der Waals surface area contributed by atoms with Gasteiger partial charge < -0.3 is 5.32 Å². The minimum absolute atomic E-state index is 0.0821. The normalized spacial score (nSPS) is 20.6. The Hall–Kier alpha value is -3.54. The first-order chi connectivity index (χ1) is 14.3. The molecule has 2 aromatic carbocycles. The molecule has 2 aliphatic rings. The molecule has 6 heteroatoms. The van der Waals surface area contributed by atoms with E-state index in [0.717, 1.165) is 5.57 Å². The molecule has 0 saturated carbocycles. The standard InChI is InChI=1S/C24H22N2O4/c1-14-6-11-20-21(12-14)24(30)26(23(20)29)19-9-7-16(8-10-19)22(28)25-18-5-3-4-17(13-18)15(2)27/h3-10,13,20-21H,11-12H2,1-2H3,(H,25,28)/t20-,21+/m1/s1. The number of hydrogen-bond donors (Lipinski definition) is 1. The lowest BCUT2D eigenvalue weighted by Crippen LogP contribution is -2.30. The number of rotatable bonds is 4. The van der Waals surface area contributed by atoms with Crippen molar-refractivity contribution < 1.29 is 19.2 Å². The lowest BCUT2D eigenvalue weighted by Gasteiger charge is -2.18. The largest absolute Gasteiger partial charge is 0.322 e. The smallest absolute Gasteiger partial charge is 0.255 e.